The molecular weight excluding hydrogens is 382 g/mol. The van der Waals surface area contributed by atoms with Gasteiger partial charge in [0, 0.05) is 5.02 Å². The Morgan fingerprint density at radius 3 is 2.50 bits per heavy atom. The minimum atomic E-state index is -0.754. The molecule has 2 aromatic carbocycles. The van der Waals surface area contributed by atoms with Crippen LogP contribution in [0.3, 0.4) is 0 Å². The fourth-order valence-electron chi connectivity index (χ4n) is 2.73. The number of benzene rings is 2. The molecule has 8 heteroatoms. The van der Waals surface area contributed by atoms with E-state index in [1.165, 1.54) is 7.11 Å². The van der Waals surface area contributed by atoms with Crippen molar-refractivity contribution in [3.05, 3.63) is 85.5 Å². The summed E-state index contributed by atoms with van der Waals surface area (Å²) in [6.45, 7) is 1.82. The van der Waals surface area contributed by atoms with Crippen molar-refractivity contribution in [1.82, 2.24) is 9.55 Å². The lowest BCUT2D eigenvalue weighted by Gasteiger charge is -2.12. The first-order chi connectivity index (χ1) is 13.4. The minimum absolute atomic E-state index is 0.0810. The molecule has 0 spiro atoms. The van der Waals surface area contributed by atoms with E-state index in [0.29, 0.717) is 16.5 Å². The highest BCUT2D eigenvalue weighted by Crippen LogP contribution is 2.21. The van der Waals surface area contributed by atoms with Gasteiger partial charge in [0.1, 0.15) is 11.3 Å². The normalized spacial score (nSPS) is 11.5. The molecular formula is C20H18ClN3O4. The number of H-pyrrole nitrogens is 1. The third-order valence-corrected chi connectivity index (χ3v) is 4.59. The number of methoxy groups -OCH3 is 1. The fraction of sp³-hybridized carbons (Fsp3) is 0.150. The molecule has 28 heavy (non-hydrogen) atoms. The first-order valence-corrected chi connectivity index (χ1v) is 8.77. The maximum Gasteiger partial charge on any atom is 0.335 e. The number of aliphatic imine (C=N–C) groups is 1. The lowest BCUT2D eigenvalue weighted by molar-refractivity contribution is 0.414. The molecule has 1 heterocycles. The number of hydrogen-bond donors (Lipinski definition) is 2. The number of aromatic nitrogens is 2. The number of nitrogens with one attached hydrogen (secondary N) is 1. The zero-order chi connectivity index (χ0) is 20.3. The molecule has 0 aliphatic heterocycles. The first-order valence-electron chi connectivity index (χ1n) is 8.40. The van der Waals surface area contributed by atoms with Gasteiger partial charge in [-0.05, 0) is 42.8 Å². The third kappa shape index (κ3) is 3.84. The van der Waals surface area contributed by atoms with Crippen LogP contribution in [0.1, 0.15) is 18.1 Å². The van der Waals surface area contributed by atoms with Crippen molar-refractivity contribution in [3.63, 3.8) is 0 Å². The van der Waals surface area contributed by atoms with Crippen molar-refractivity contribution in [3.8, 4) is 17.3 Å². The van der Waals surface area contributed by atoms with Gasteiger partial charge in [0.25, 0.3) is 5.56 Å². The maximum absolute atomic E-state index is 12.3. The Hall–Kier alpha value is -3.32. The van der Waals surface area contributed by atoms with Crippen LogP contribution in [0.2, 0.25) is 5.02 Å². The van der Waals surface area contributed by atoms with E-state index in [1.807, 2.05) is 18.2 Å². The Kier molecular flexibility index (Phi) is 5.65. The Labute approximate surface area is 165 Å². The summed E-state index contributed by atoms with van der Waals surface area (Å²) in [5.41, 5.74) is -0.117. The van der Waals surface area contributed by atoms with Gasteiger partial charge in [0.2, 0.25) is 5.88 Å². The van der Waals surface area contributed by atoms with Crippen LogP contribution < -0.4 is 16.0 Å². The van der Waals surface area contributed by atoms with Crippen LogP contribution in [-0.4, -0.2) is 27.5 Å². The van der Waals surface area contributed by atoms with Crippen LogP contribution in [0.25, 0.3) is 5.69 Å². The zero-order valence-electron chi connectivity index (χ0n) is 15.3. The van der Waals surface area contributed by atoms with Gasteiger partial charge in [-0.1, -0.05) is 29.8 Å². The Morgan fingerprint density at radius 1 is 1.18 bits per heavy atom. The van der Waals surface area contributed by atoms with Crippen molar-refractivity contribution < 1.29 is 9.84 Å². The van der Waals surface area contributed by atoms with Crippen LogP contribution in [-0.2, 0) is 6.54 Å². The summed E-state index contributed by atoms with van der Waals surface area (Å²) in [4.78, 5) is 31.2. The molecule has 0 amide bonds. The van der Waals surface area contributed by atoms with Crippen molar-refractivity contribution in [2.45, 2.75) is 13.5 Å². The van der Waals surface area contributed by atoms with Crippen LogP contribution in [0, 0.1) is 0 Å². The van der Waals surface area contributed by atoms with Crippen molar-refractivity contribution in [1.29, 1.82) is 0 Å². The topological polar surface area (TPSA) is 96.7 Å². The lowest BCUT2D eigenvalue weighted by Crippen LogP contribution is -2.32. The summed E-state index contributed by atoms with van der Waals surface area (Å²) in [5.74, 6) is 0.109. The summed E-state index contributed by atoms with van der Waals surface area (Å²) >= 11 is 6.12. The van der Waals surface area contributed by atoms with E-state index in [2.05, 4.69) is 9.98 Å². The molecule has 1 aromatic heterocycles. The van der Waals surface area contributed by atoms with E-state index in [1.54, 1.807) is 37.3 Å². The summed E-state index contributed by atoms with van der Waals surface area (Å²) in [7, 11) is 1.52. The number of aromatic hydroxyl groups is 1. The van der Waals surface area contributed by atoms with Gasteiger partial charge in [-0.15, -0.1) is 0 Å². The molecule has 7 nitrogen and oxygen atoms in total. The van der Waals surface area contributed by atoms with Crippen LogP contribution in [0.5, 0.6) is 11.6 Å². The predicted octanol–water partition coefficient (Wildman–Crippen LogP) is 2.90. The second kappa shape index (κ2) is 8.14. The molecule has 0 aliphatic carbocycles. The third-order valence-electron chi connectivity index (χ3n) is 4.22. The van der Waals surface area contributed by atoms with Gasteiger partial charge in [-0.2, -0.15) is 0 Å². The van der Waals surface area contributed by atoms with Crippen LogP contribution in [0.4, 0.5) is 0 Å². The fourth-order valence-corrected chi connectivity index (χ4v) is 2.93. The molecule has 3 aromatic rings. The predicted molar refractivity (Wildman–Crippen MR) is 108 cm³/mol. The van der Waals surface area contributed by atoms with Gasteiger partial charge in [0.05, 0.1) is 25.1 Å². The largest absolute Gasteiger partial charge is 0.497 e. The van der Waals surface area contributed by atoms with Gasteiger partial charge in [-0.25, -0.2) is 9.36 Å². The molecule has 0 saturated carbocycles. The molecule has 0 bridgehead atoms. The molecule has 144 valence electrons. The van der Waals surface area contributed by atoms with Gasteiger partial charge in [0.15, 0.2) is 0 Å². The Balaban J connectivity index is 2.06. The first kappa shape index (κ1) is 19.4. The van der Waals surface area contributed by atoms with E-state index in [9.17, 15) is 14.7 Å². The molecule has 0 atom stereocenters. The minimum Gasteiger partial charge on any atom is -0.497 e. The number of hydrogen-bond acceptors (Lipinski definition) is 5. The van der Waals surface area contributed by atoms with Crippen LogP contribution >= 0.6 is 11.6 Å². The lowest BCUT2D eigenvalue weighted by atomic mass is 10.2. The molecule has 2 N–H and O–H groups in total. The molecule has 0 fully saturated rings. The SMILES string of the molecule is COc1ccc(-n2c(O)c(C(C)=NCc3ccccc3Cl)c(=O)[nH]c2=O)cc1. The molecule has 0 unspecified atom stereocenters. The highest BCUT2D eigenvalue weighted by atomic mass is 35.5. The summed E-state index contributed by atoms with van der Waals surface area (Å²) in [6, 6.07) is 13.7. The van der Waals surface area contributed by atoms with Gasteiger partial charge < -0.3 is 9.84 Å². The number of ether oxygens (including phenoxy) is 1. The standard InChI is InChI=1S/C20H18ClN3O4/c1-12(22-11-13-5-3-4-6-16(13)21)17-18(25)23-20(27)24(19(17)26)14-7-9-15(28-2)10-8-14/h3-10,26H,11H2,1-2H3,(H,23,25,27). The number of aromatic amines is 1. The van der Waals surface area contributed by atoms with E-state index in [4.69, 9.17) is 16.3 Å². The molecule has 0 radical (unpaired) electrons. The van der Waals surface area contributed by atoms with Crippen molar-refractivity contribution in [2.75, 3.05) is 7.11 Å². The summed E-state index contributed by atoms with van der Waals surface area (Å²) < 4.78 is 6.10. The quantitative estimate of drug-likeness (QED) is 0.644. The van der Waals surface area contributed by atoms with Gasteiger partial charge >= 0.3 is 5.69 Å². The average molecular weight is 400 g/mol. The Bertz CT molecular complexity index is 1150. The second-order valence-electron chi connectivity index (χ2n) is 5.98. The summed E-state index contributed by atoms with van der Waals surface area (Å²) in [6.07, 6.45) is 0. The van der Waals surface area contributed by atoms with Gasteiger partial charge in [-0.3, -0.25) is 14.8 Å². The summed E-state index contributed by atoms with van der Waals surface area (Å²) in [5, 5.41) is 11.2. The Morgan fingerprint density at radius 2 is 1.86 bits per heavy atom. The molecule has 3 rings (SSSR count). The van der Waals surface area contributed by atoms with E-state index in [0.717, 1.165) is 10.1 Å². The monoisotopic (exact) mass is 399 g/mol. The molecule has 0 aliphatic rings. The smallest absolute Gasteiger partial charge is 0.335 e. The highest BCUT2D eigenvalue weighted by molar-refractivity contribution is 6.31. The van der Waals surface area contributed by atoms with Crippen LogP contribution in [0.15, 0.2) is 63.1 Å². The number of nitrogens with zero attached hydrogens (tertiary/aromatic N) is 2. The zero-order valence-corrected chi connectivity index (χ0v) is 16.0. The van der Waals surface area contributed by atoms with E-state index >= 15 is 0 Å². The van der Waals surface area contributed by atoms with E-state index in [-0.39, 0.29) is 17.8 Å². The second-order valence-corrected chi connectivity index (χ2v) is 6.39. The number of halogens is 1. The highest BCUT2D eigenvalue weighted by Gasteiger charge is 2.18. The van der Waals surface area contributed by atoms with E-state index < -0.39 is 17.1 Å². The van der Waals surface area contributed by atoms with Crippen molar-refractivity contribution >= 4 is 17.3 Å². The average Bonchev–Trinajstić information content (AvgIpc) is 2.67. The maximum atomic E-state index is 12.3. The number of rotatable bonds is 5. The molecule has 0 saturated heterocycles. The van der Waals surface area contributed by atoms with Crippen molar-refractivity contribution in [2.24, 2.45) is 4.99 Å².